The molecule has 0 aliphatic carbocycles. The van der Waals surface area contributed by atoms with Crippen LogP contribution in [0.4, 0.5) is 0 Å². The zero-order valence-corrected chi connectivity index (χ0v) is 13.2. The van der Waals surface area contributed by atoms with Gasteiger partial charge in [0.1, 0.15) is 5.75 Å². The monoisotopic (exact) mass is 289 g/mol. The molecule has 108 valence electrons. The summed E-state index contributed by atoms with van der Waals surface area (Å²) in [6.07, 6.45) is 3.28. The van der Waals surface area contributed by atoms with Crippen LogP contribution in [0.15, 0.2) is 36.4 Å². The van der Waals surface area contributed by atoms with Gasteiger partial charge in [0.2, 0.25) is 0 Å². The van der Waals surface area contributed by atoms with Gasteiger partial charge in [-0.3, -0.25) is 0 Å². The van der Waals surface area contributed by atoms with Crippen molar-refractivity contribution in [3.63, 3.8) is 0 Å². The summed E-state index contributed by atoms with van der Waals surface area (Å²) in [7, 11) is 0. The Labute approximate surface area is 125 Å². The van der Waals surface area contributed by atoms with Crippen molar-refractivity contribution in [3.8, 4) is 5.75 Å². The van der Waals surface area contributed by atoms with Crippen LogP contribution >= 0.6 is 11.8 Å². The Morgan fingerprint density at radius 3 is 2.65 bits per heavy atom. The molecular weight excluding hydrogens is 266 g/mol. The van der Waals surface area contributed by atoms with Gasteiger partial charge in [0, 0.05) is 22.2 Å². The van der Waals surface area contributed by atoms with E-state index in [1.807, 2.05) is 42.1 Å². The topological polar surface area (TPSA) is 32.3 Å². The minimum absolute atomic E-state index is 0.161. The first-order valence-electron chi connectivity index (χ1n) is 7.10. The predicted molar refractivity (Wildman–Crippen MR) is 89.6 cm³/mol. The normalized spacial score (nSPS) is 14.3. The van der Waals surface area contributed by atoms with Crippen molar-refractivity contribution in [1.29, 1.82) is 0 Å². The molecule has 2 aromatic rings. The Hall–Kier alpha value is -1.19. The molecule has 2 aromatic carbocycles. The summed E-state index contributed by atoms with van der Waals surface area (Å²) in [6, 6.07) is 12.2. The quantitative estimate of drug-likeness (QED) is 0.830. The van der Waals surface area contributed by atoms with Crippen LogP contribution < -0.4 is 5.32 Å². The highest BCUT2D eigenvalue weighted by molar-refractivity contribution is 7.99. The molecule has 0 saturated carbocycles. The molecule has 0 spiro atoms. The van der Waals surface area contributed by atoms with Gasteiger partial charge < -0.3 is 10.4 Å². The van der Waals surface area contributed by atoms with Gasteiger partial charge in [0.15, 0.2) is 0 Å². The maximum atomic E-state index is 10.4. The van der Waals surface area contributed by atoms with E-state index >= 15 is 0 Å². The van der Waals surface area contributed by atoms with E-state index in [4.69, 9.17) is 0 Å². The Morgan fingerprint density at radius 2 is 1.90 bits per heavy atom. The maximum Gasteiger partial charge on any atom is 0.128 e. The van der Waals surface area contributed by atoms with Crippen LogP contribution in [0.25, 0.3) is 10.8 Å². The third-order valence-electron chi connectivity index (χ3n) is 3.80. The standard InChI is InChI=1S/C17H23NOS/c1-12(20-3)10-11-18-13(2)15-9-8-14-6-4-5-7-16(14)17(15)19/h4-9,12-13,18-19H,10-11H2,1-3H3. The van der Waals surface area contributed by atoms with Gasteiger partial charge >= 0.3 is 0 Å². The van der Waals surface area contributed by atoms with Crippen molar-refractivity contribution >= 4 is 22.5 Å². The van der Waals surface area contributed by atoms with Crippen LogP contribution in [0.5, 0.6) is 5.75 Å². The van der Waals surface area contributed by atoms with E-state index in [1.54, 1.807) is 0 Å². The number of rotatable bonds is 6. The largest absolute Gasteiger partial charge is 0.507 e. The Balaban J connectivity index is 2.10. The highest BCUT2D eigenvalue weighted by Crippen LogP contribution is 2.32. The number of aromatic hydroxyl groups is 1. The number of thioether (sulfide) groups is 1. The number of nitrogens with one attached hydrogen (secondary N) is 1. The fourth-order valence-corrected chi connectivity index (χ4v) is 2.71. The Kier molecular flexibility index (Phi) is 5.32. The highest BCUT2D eigenvalue weighted by Gasteiger charge is 2.12. The lowest BCUT2D eigenvalue weighted by Gasteiger charge is -2.18. The van der Waals surface area contributed by atoms with Crippen LogP contribution in [-0.4, -0.2) is 23.2 Å². The highest BCUT2D eigenvalue weighted by atomic mass is 32.2. The molecule has 3 heteroatoms. The molecule has 2 rings (SSSR count). The third kappa shape index (κ3) is 3.47. The average Bonchev–Trinajstić information content (AvgIpc) is 2.47. The smallest absolute Gasteiger partial charge is 0.128 e. The molecule has 0 bridgehead atoms. The lowest BCUT2D eigenvalue weighted by atomic mass is 10.0. The number of hydrogen-bond acceptors (Lipinski definition) is 3. The van der Waals surface area contributed by atoms with E-state index < -0.39 is 0 Å². The van der Waals surface area contributed by atoms with E-state index in [9.17, 15) is 5.11 Å². The second-order valence-electron chi connectivity index (χ2n) is 5.24. The summed E-state index contributed by atoms with van der Waals surface area (Å²) < 4.78 is 0. The van der Waals surface area contributed by atoms with Gasteiger partial charge in [-0.25, -0.2) is 0 Å². The lowest BCUT2D eigenvalue weighted by Crippen LogP contribution is -2.22. The second kappa shape index (κ2) is 7.00. The van der Waals surface area contributed by atoms with Crippen molar-refractivity contribution < 1.29 is 5.11 Å². The fraction of sp³-hybridized carbons (Fsp3) is 0.412. The number of benzene rings is 2. The first-order valence-corrected chi connectivity index (χ1v) is 8.39. The van der Waals surface area contributed by atoms with Gasteiger partial charge in [0.25, 0.3) is 0 Å². The number of phenolic OH excluding ortho intramolecular Hbond substituents is 1. The van der Waals surface area contributed by atoms with Crippen LogP contribution in [-0.2, 0) is 0 Å². The zero-order valence-electron chi connectivity index (χ0n) is 12.4. The van der Waals surface area contributed by atoms with Crippen LogP contribution in [0.2, 0.25) is 0 Å². The van der Waals surface area contributed by atoms with Gasteiger partial charge in [0.05, 0.1) is 0 Å². The molecule has 0 fully saturated rings. The summed E-state index contributed by atoms with van der Waals surface area (Å²) in [6.45, 7) is 5.31. The van der Waals surface area contributed by atoms with Crippen LogP contribution in [0.3, 0.4) is 0 Å². The molecule has 0 aromatic heterocycles. The third-order valence-corrected chi connectivity index (χ3v) is 4.84. The summed E-state index contributed by atoms with van der Waals surface area (Å²) in [5.74, 6) is 0.404. The molecule has 0 radical (unpaired) electrons. The van der Waals surface area contributed by atoms with Crippen LogP contribution in [0, 0.1) is 0 Å². The Morgan fingerprint density at radius 1 is 1.15 bits per heavy atom. The number of fused-ring (bicyclic) bond motifs is 1. The minimum atomic E-state index is 0.161. The number of hydrogen-bond donors (Lipinski definition) is 2. The predicted octanol–water partition coefficient (Wildman–Crippen LogP) is 4.34. The fourth-order valence-electron chi connectivity index (χ4n) is 2.35. The first-order chi connectivity index (χ1) is 9.63. The molecule has 0 saturated heterocycles. The minimum Gasteiger partial charge on any atom is -0.507 e. The van der Waals surface area contributed by atoms with Crippen molar-refractivity contribution in [1.82, 2.24) is 5.32 Å². The second-order valence-corrected chi connectivity index (χ2v) is 6.51. The van der Waals surface area contributed by atoms with Gasteiger partial charge in [-0.2, -0.15) is 11.8 Å². The summed E-state index contributed by atoms with van der Waals surface area (Å²) in [5.41, 5.74) is 0.973. The molecule has 0 aliphatic rings. The molecular formula is C17H23NOS. The Bertz CT molecular complexity index is 570. The summed E-state index contributed by atoms with van der Waals surface area (Å²) >= 11 is 1.89. The van der Waals surface area contributed by atoms with Crippen molar-refractivity contribution in [3.05, 3.63) is 42.0 Å². The maximum absolute atomic E-state index is 10.4. The van der Waals surface area contributed by atoms with E-state index in [1.165, 1.54) is 0 Å². The zero-order chi connectivity index (χ0) is 14.5. The molecule has 2 nitrogen and oxygen atoms in total. The van der Waals surface area contributed by atoms with Crippen molar-refractivity contribution in [2.24, 2.45) is 0 Å². The van der Waals surface area contributed by atoms with E-state index in [0.29, 0.717) is 11.0 Å². The first kappa shape index (κ1) is 15.2. The van der Waals surface area contributed by atoms with Crippen molar-refractivity contribution in [2.75, 3.05) is 12.8 Å². The van der Waals surface area contributed by atoms with Crippen molar-refractivity contribution in [2.45, 2.75) is 31.6 Å². The molecule has 2 N–H and O–H groups in total. The molecule has 2 unspecified atom stereocenters. The van der Waals surface area contributed by atoms with E-state index in [2.05, 4.69) is 31.5 Å². The molecule has 0 aliphatic heterocycles. The molecule has 20 heavy (non-hydrogen) atoms. The van der Waals surface area contributed by atoms with E-state index in [-0.39, 0.29) is 6.04 Å². The molecule has 0 amide bonds. The number of phenols is 1. The lowest BCUT2D eigenvalue weighted by molar-refractivity contribution is 0.457. The van der Waals surface area contributed by atoms with Crippen LogP contribution in [0.1, 0.15) is 31.9 Å². The molecule has 0 heterocycles. The summed E-state index contributed by atoms with van der Waals surface area (Å²) in [5, 5.41) is 16.6. The molecule has 2 atom stereocenters. The van der Waals surface area contributed by atoms with Gasteiger partial charge in [-0.1, -0.05) is 43.3 Å². The SMILES string of the molecule is CSC(C)CCNC(C)c1ccc2ccccc2c1O. The average molecular weight is 289 g/mol. The summed E-state index contributed by atoms with van der Waals surface area (Å²) in [4.78, 5) is 0. The van der Waals surface area contributed by atoms with Gasteiger partial charge in [-0.05, 0) is 31.5 Å². The van der Waals surface area contributed by atoms with Gasteiger partial charge in [-0.15, -0.1) is 0 Å². The van der Waals surface area contributed by atoms with E-state index in [0.717, 1.165) is 29.3 Å².